The number of aryl methyl sites for hydroxylation is 1. The van der Waals surface area contributed by atoms with Gasteiger partial charge < -0.3 is 4.90 Å². The Labute approximate surface area is 207 Å². The van der Waals surface area contributed by atoms with Gasteiger partial charge in [-0.3, -0.25) is 14.7 Å². The Balaban J connectivity index is 1.69. The lowest BCUT2D eigenvalue weighted by Gasteiger charge is -2.49. The maximum absolute atomic E-state index is 12.8. The van der Waals surface area contributed by atoms with Gasteiger partial charge in [-0.2, -0.15) is 5.26 Å². The monoisotopic (exact) mass is 475 g/mol. The van der Waals surface area contributed by atoms with Gasteiger partial charge in [0.1, 0.15) is 0 Å². The molecule has 0 saturated carbocycles. The Morgan fingerprint density at radius 1 is 1.14 bits per heavy atom. The fourth-order valence-corrected chi connectivity index (χ4v) is 5.23. The molecule has 0 radical (unpaired) electrons. The third-order valence-corrected chi connectivity index (χ3v) is 7.50. The Morgan fingerprint density at radius 2 is 1.89 bits per heavy atom. The van der Waals surface area contributed by atoms with Crippen molar-refractivity contribution >= 4 is 11.3 Å². The molecule has 1 fully saturated rings. The predicted molar refractivity (Wildman–Crippen MR) is 139 cm³/mol. The molecule has 1 saturated heterocycles. The molecule has 3 aromatic rings. The summed E-state index contributed by atoms with van der Waals surface area (Å²) in [6.07, 6.45) is 6.01. The summed E-state index contributed by atoms with van der Waals surface area (Å²) in [5, 5.41) is 9.16. The topological polar surface area (TPSA) is 82.5 Å². The first-order chi connectivity index (χ1) is 16.8. The second kappa shape index (κ2) is 10.2. The Kier molecular flexibility index (Phi) is 7.27. The molecule has 0 spiro atoms. The van der Waals surface area contributed by atoms with E-state index in [1.54, 1.807) is 28.5 Å². The number of imidazole rings is 1. The average Bonchev–Trinajstić information content (AvgIpc) is 3.29. The third-order valence-electron chi connectivity index (χ3n) is 7.50. The minimum atomic E-state index is -0.0802. The Morgan fingerprint density at radius 3 is 2.49 bits per heavy atom. The number of anilines is 1. The number of aromatic nitrogens is 4. The van der Waals surface area contributed by atoms with Gasteiger partial charge >= 0.3 is 0 Å². The van der Waals surface area contributed by atoms with Gasteiger partial charge in [-0.1, -0.05) is 33.8 Å². The van der Waals surface area contributed by atoms with Gasteiger partial charge in [-0.15, -0.1) is 0 Å². The lowest BCUT2D eigenvalue weighted by molar-refractivity contribution is 0.101. The lowest BCUT2D eigenvalue weighted by Crippen LogP contribution is -2.59. The molecule has 3 aromatic heterocycles. The molecule has 0 N–H and O–H groups in total. The fraction of sp³-hybridized carbons (Fsp3) is 0.556. The smallest absolute Gasteiger partial charge is 0.267 e. The number of rotatable bonds is 7. The molecule has 1 aliphatic heterocycles. The highest BCUT2D eigenvalue weighted by Gasteiger charge is 2.36. The van der Waals surface area contributed by atoms with Gasteiger partial charge in [0.2, 0.25) is 0 Å². The zero-order valence-electron chi connectivity index (χ0n) is 21.8. The maximum atomic E-state index is 12.8. The van der Waals surface area contributed by atoms with Crippen molar-refractivity contribution in [1.82, 2.24) is 24.1 Å². The molecule has 35 heavy (non-hydrogen) atoms. The minimum Gasteiger partial charge on any atom is -0.362 e. The molecule has 8 heteroatoms. The first-order valence-electron chi connectivity index (χ1n) is 12.7. The molecular weight excluding hydrogens is 438 g/mol. The van der Waals surface area contributed by atoms with E-state index < -0.39 is 0 Å². The van der Waals surface area contributed by atoms with E-state index in [1.165, 1.54) is 5.56 Å². The molecule has 3 atom stereocenters. The van der Waals surface area contributed by atoms with Crippen LogP contribution < -0.4 is 10.5 Å². The number of nitriles is 1. The summed E-state index contributed by atoms with van der Waals surface area (Å²) >= 11 is 0. The molecule has 4 heterocycles. The van der Waals surface area contributed by atoms with Crippen LogP contribution in [0.3, 0.4) is 0 Å². The van der Waals surface area contributed by atoms with E-state index in [0.717, 1.165) is 43.0 Å². The number of pyridine rings is 1. The van der Waals surface area contributed by atoms with E-state index in [1.807, 2.05) is 6.20 Å². The van der Waals surface area contributed by atoms with Crippen LogP contribution in [0, 0.1) is 11.3 Å². The van der Waals surface area contributed by atoms with Crippen molar-refractivity contribution in [2.75, 3.05) is 18.0 Å². The van der Waals surface area contributed by atoms with Crippen LogP contribution in [0.4, 0.5) is 5.69 Å². The van der Waals surface area contributed by atoms with E-state index in [2.05, 4.69) is 62.6 Å². The maximum Gasteiger partial charge on any atom is 0.267 e. The van der Waals surface area contributed by atoms with Crippen molar-refractivity contribution in [1.29, 1.82) is 5.26 Å². The van der Waals surface area contributed by atoms with Crippen LogP contribution in [0.15, 0.2) is 35.4 Å². The summed E-state index contributed by atoms with van der Waals surface area (Å²) in [6, 6.07) is 9.08. The Hall–Kier alpha value is -3.18. The molecule has 0 aromatic carbocycles. The second-order valence-electron chi connectivity index (χ2n) is 9.95. The number of nitrogens with zero attached hydrogens (tertiary/aromatic N) is 7. The summed E-state index contributed by atoms with van der Waals surface area (Å²) in [5.74, 6) is 0.419. The van der Waals surface area contributed by atoms with Gasteiger partial charge in [-0.25, -0.2) is 14.2 Å². The largest absolute Gasteiger partial charge is 0.362 e. The van der Waals surface area contributed by atoms with Crippen molar-refractivity contribution < 1.29 is 0 Å². The molecule has 1 aliphatic rings. The molecule has 0 amide bonds. The van der Waals surface area contributed by atoms with Crippen molar-refractivity contribution in [2.45, 2.75) is 77.9 Å². The molecule has 8 nitrogen and oxygen atoms in total. The van der Waals surface area contributed by atoms with Crippen molar-refractivity contribution in [2.24, 2.45) is 7.05 Å². The van der Waals surface area contributed by atoms with Crippen LogP contribution in [0.5, 0.6) is 0 Å². The lowest BCUT2D eigenvalue weighted by atomic mass is 9.97. The summed E-state index contributed by atoms with van der Waals surface area (Å²) in [4.78, 5) is 27.3. The van der Waals surface area contributed by atoms with Crippen LogP contribution in [0.2, 0.25) is 0 Å². The summed E-state index contributed by atoms with van der Waals surface area (Å²) in [7, 11) is 1.74. The van der Waals surface area contributed by atoms with Gasteiger partial charge in [0.25, 0.3) is 5.56 Å². The highest BCUT2D eigenvalue weighted by atomic mass is 16.1. The summed E-state index contributed by atoms with van der Waals surface area (Å²) < 4.78 is 3.34. The summed E-state index contributed by atoms with van der Waals surface area (Å²) in [5.41, 5.74) is 4.55. The van der Waals surface area contributed by atoms with Gasteiger partial charge in [0.15, 0.2) is 5.65 Å². The molecule has 0 bridgehead atoms. The van der Waals surface area contributed by atoms with Crippen LogP contribution in [-0.4, -0.2) is 49.2 Å². The van der Waals surface area contributed by atoms with Gasteiger partial charge in [0, 0.05) is 56.2 Å². The zero-order chi connectivity index (χ0) is 25.3. The predicted octanol–water partition coefficient (Wildman–Crippen LogP) is 4.06. The fourth-order valence-electron chi connectivity index (χ4n) is 5.23. The van der Waals surface area contributed by atoms with E-state index in [-0.39, 0.29) is 24.1 Å². The molecule has 0 aliphatic carbocycles. The SMILES string of the molecule is CC[C@H]1CN(C(C)c2ccc(C(C)C)nc2)[C@H](CC)CN1c1cc(=O)n(C)n2cc(CC#N)nc12. The van der Waals surface area contributed by atoms with Crippen molar-refractivity contribution in [3.63, 3.8) is 0 Å². The standard InChI is InChI=1S/C27H37N7O/c1-7-22-17-33(25-13-26(35)31(6)34-15-21(11-12-28)30-27(25)34)23(8-2)16-32(22)19(5)20-9-10-24(18(3)4)29-14-20/h9-10,13-15,18-19,22-23H,7-8,11,16-17H2,1-6H3/t19?,22-,23+/m1/s1. The normalized spacial score (nSPS) is 19.9. The van der Waals surface area contributed by atoms with Crippen LogP contribution in [-0.2, 0) is 13.5 Å². The van der Waals surface area contributed by atoms with E-state index in [0.29, 0.717) is 17.7 Å². The molecule has 1 unspecified atom stereocenters. The first kappa shape index (κ1) is 24.9. The van der Waals surface area contributed by atoms with Crippen LogP contribution in [0.25, 0.3) is 5.65 Å². The highest BCUT2D eigenvalue weighted by Crippen LogP contribution is 2.33. The van der Waals surface area contributed by atoms with Crippen molar-refractivity contribution in [3.8, 4) is 6.07 Å². The van der Waals surface area contributed by atoms with Crippen LogP contribution in [0.1, 0.15) is 76.4 Å². The minimum absolute atomic E-state index is 0.0802. The van der Waals surface area contributed by atoms with Crippen molar-refractivity contribution in [3.05, 3.63) is 57.9 Å². The van der Waals surface area contributed by atoms with Crippen LogP contribution >= 0.6 is 0 Å². The highest BCUT2D eigenvalue weighted by molar-refractivity contribution is 5.69. The number of hydrogen-bond donors (Lipinski definition) is 0. The van der Waals surface area contributed by atoms with Gasteiger partial charge in [0.05, 0.1) is 30.1 Å². The number of hydrogen-bond acceptors (Lipinski definition) is 6. The second-order valence-corrected chi connectivity index (χ2v) is 9.95. The molecule has 4 rings (SSSR count). The first-order valence-corrected chi connectivity index (χ1v) is 12.7. The molecular formula is C27H37N7O. The quantitative estimate of drug-likeness (QED) is 0.513. The van der Waals surface area contributed by atoms with E-state index >= 15 is 0 Å². The zero-order valence-corrected chi connectivity index (χ0v) is 21.8. The average molecular weight is 476 g/mol. The van der Waals surface area contributed by atoms with Gasteiger partial charge in [-0.05, 0) is 37.3 Å². The third kappa shape index (κ3) is 4.70. The number of fused-ring (bicyclic) bond motifs is 1. The number of piperazine rings is 1. The Bertz CT molecular complexity index is 1270. The molecule has 186 valence electrons. The van der Waals surface area contributed by atoms with E-state index in [9.17, 15) is 4.79 Å². The summed E-state index contributed by atoms with van der Waals surface area (Å²) in [6.45, 7) is 12.8. The van der Waals surface area contributed by atoms with E-state index in [4.69, 9.17) is 15.2 Å².